The molecule has 2 aromatic rings. The quantitative estimate of drug-likeness (QED) is 0.647. The number of hydrogen-bond donors (Lipinski definition) is 1. The molecule has 0 fully saturated rings. The van der Waals surface area contributed by atoms with Gasteiger partial charge in [0, 0.05) is 0 Å². The van der Waals surface area contributed by atoms with Crippen molar-refractivity contribution in [2.75, 3.05) is 5.43 Å². The SMILES string of the molecule is C/C(=N/Nc1ccccc1C(F)(F)F)c1ccccc1. The van der Waals surface area contributed by atoms with Gasteiger partial charge in [-0.3, -0.25) is 5.43 Å². The second-order valence-electron chi connectivity index (χ2n) is 4.22. The molecule has 0 saturated heterocycles. The van der Waals surface area contributed by atoms with Gasteiger partial charge in [0.15, 0.2) is 0 Å². The summed E-state index contributed by atoms with van der Waals surface area (Å²) < 4.78 is 38.4. The lowest BCUT2D eigenvalue weighted by Gasteiger charge is -2.12. The molecule has 0 aromatic heterocycles. The number of para-hydroxylation sites is 1. The third-order valence-electron chi connectivity index (χ3n) is 2.77. The van der Waals surface area contributed by atoms with Crippen molar-refractivity contribution in [2.24, 2.45) is 5.10 Å². The van der Waals surface area contributed by atoms with Crippen LogP contribution >= 0.6 is 0 Å². The number of nitrogens with one attached hydrogen (secondary N) is 1. The van der Waals surface area contributed by atoms with Crippen molar-refractivity contribution < 1.29 is 13.2 Å². The molecular formula is C15H13F3N2. The maximum absolute atomic E-state index is 12.8. The summed E-state index contributed by atoms with van der Waals surface area (Å²) in [5, 5.41) is 4.01. The minimum absolute atomic E-state index is 0.0599. The van der Waals surface area contributed by atoms with E-state index in [0.29, 0.717) is 5.71 Å². The molecule has 0 aliphatic heterocycles. The van der Waals surface area contributed by atoms with E-state index in [2.05, 4.69) is 10.5 Å². The molecule has 0 aliphatic carbocycles. The van der Waals surface area contributed by atoms with Gasteiger partial charge in [0.25, 0.3) is 0 Å². The predicted molar refractivity (Wildman–Crippen MR) is 73.7 cm³/mol. The average Bonchev–Trinajstić information content (AvgIpc) is 2.45. The summed E-state index contributed by atoms with van der Waals surface area (Å²) in [6, 6.07) is 14.5. The van der Waals surface area contributed by atoms with Crippen LogP contribution in [0.3, 0.4) is 0 Å². The topological polar surface area (TPSA) is 24.4 Å². The Kier molecular flexibility index (Phi) is 4.08. The van der Waals surface area contributed by atoms with Crippen molar-refractivity contribution in [2.45, 2.75) is 13.1 Å². The van der Waals surface area contributed by atoms with Crippen LogP contribution in [-0.2, 0) is 6.18 Å². The first kappa shape index (κ1) is 14.1. The van der Waals surface area contributed by atoms with Crippen LogP contribution in [-0.4, -0.2) is 5.71 Å². The van der Waals surface area contributed by atoms with Gasteiger partial charge >= 0.3 is 6.18 Å². The second kappa shape index (κ2) is 5.77. The normalized spacial score (nSPS) is 12.3. The van der Waals surface area contributed by atoms with Crippen molar-refractivity contribution in [3.05, 3.63) is 65.7 Å². The molecule has 0 spiro atoms. The van der Waals surface area contributed by atoms with Crippen LogP contribution in [0.4, 0.5) is 18.9 Å². The summed E-state index contributed by atoms with van der Waals surface area (Å²) >= 11 is 0. The molecule has 104 valence electrons. The summed E-state index contributed by atoms with van der Waals surface area (Å²) in [4.78, 5) is 0. The van der Waals surface area contributed by atoms with Crippen molar-refractivity contribution >= 4 is 11.4 Å². The summed E-state index contributed by atoms with van der Waals surface area (Å²) in [7, 11) is 0. The molecule has 2 aromatic carbocycles. The van der Waals surface area contributed by atoms with E-state index in [1.807, 2.05) is 30.3 Å². The number of nitrogens with zero attached hydrogens (tertiary/aromatic N) is 1. The molecule has 5 heteroatoms. The van der Waals surface area contributed by atoms with Crippen molar-refractivity contribution in [1.29, 1.82) is 0 Å². The van der Waals surface area contributed by atoms with Gasteiger partial charge in [-0.15, -0.1) is 0 Å². The van der Waals surface area contributed by atoms with Crippen LogP contribution in [0.15, 0.2) is 59.7 Å². The third-order valence-corrected chi connectivity index (χ3v) is 2.77. The Morgan fingerprint density at radius 3 is 2.20 bits per heavy atom. The number of rotatable bonds is 3. The fourth-order valence-electron chi connectivity index (χ4n) is 1.72. The molecule has 2 nitrogen and oxygen atoms in total. The molecule has 0 unspecified atom stereocenters. The fourth-order valence-corrected chi connectivity index (χ4v) is 1.72. The minimum Gasteiger partial charge on any atom is -0.278 e. The van der Waals surface area contributed by atoms with E-state index in [-0.39, 0.29) is 5.69 Å². The third kappa shape index (κ3) is 3.38. The van der Waals surface area contributed by atoms with E-state index in [0.717, 1.165) is 11.6 Å². The van der Waals surface area contributed by atoms with Crippen molar-refractivity contribution in [3.8, 4) is 0 Å². The summed E-state index contributed by atoms with van der Waals surface area (Å²) in [5.74, 6) is 0. The number of hydrazone groups is 1. The molecule has 0 atom stereocenters. The molecule has 0 bridgehead atoms. The van der Waals surface area contributed by atoms with Crippen LogP contribution in [0.2, 0.25) is 0 Å². The largest absolute Gasteiger partial charge is 0.418 e. The second-order valence-corrected chi connectivity index (χ2v) is 4.22. The molecule has 0 amide bonds. The minimum atomic E-state index is -4.40. The van der Waals surface area contributed by atoms with E-state index in [9.17, 15) is 13.2 Å². The Bertz CT molecular complexity index is 604. The van der Waals surface area contributed by atoms with Crippen molar-refractivity contribution in [1.82, 2.24) is 0 Å². The molecular weight excluding hydrogens is 265 g/mol. The summed E-state index contributed by atoms with van der Waals surface area (Å²) in [5.41, 5.74) is 3.16. The van der Waals surface area contributed by atoms with E-state index in [1.165, 1.54) is 18.2 Å². The van der Waals surface area contributed by atoms with Crippen LogP contribution in [0.1, 0.15) is 18.1 Å². The molecule has 0 heterocycles. The standard InChI is InChI=1S/C15H13F3N2/c1-11(12-7-3-2-4-8-12)19-20-14-10-6-5-9-13(14)15(16,17)18/h2-10,20H,1H3/b19-11-. The Balaban J connectivity index is 2.24. The van der Waals surface area contributed by atoms with Crippen LogP contribution in [0.5, 0.6) is 0 Å². The van der Waals surface area contributed by atoms with Crippen LogP contribution in [0.25, 0.3) is 0 Å². The number of benzene rings is 2. The highest BCUT2D eigenvalue weighted by atomic mass is 19.4. The van der Waals surface area contributed by atoms with Gasteiger partial charge < -0.3 is 0 Å². The van der Waals surface area contributed by atoms with Gasteiger partial charge in [-0.1, -0.05) is 42.5 Å². The maximum atomic E-state index is 12.8. The van der Waals surface area contributed by atoms with E-state index >= 15 is 0 Å². The summed E-state index contributed by atoms with van der Waals surface area (Å²) in [6.45, 7) is 1.73. The Morgan fingerprint density at radius 1 is 0.950 bits per heavy atom. The van der Waals surface area contributed by atoms with E-state index in [1.54, 1.807) is 6.92 Å². The average molecular weight is 278 g/mol. The molecule has 1 N–H and O–H groups in total. The van der Waals surface area contributed by atoms with Gasteiger partial charge in [-0.05, 0) is 24.6 Å². The van der Waals surface area contributed by atoms with Gasteiger partial charge in [0.05, 0.1) is 17.0 Å². The first-order valence-electron chi connectivity index (χ1n) is 6.00. The monoisotopic (exact) mass is 278 g/mol. The Labute approximate surface area is 114 Å². The zero-order valence-corrected chi connectivity index (χ0v) is 10.8. The molecule has 0 radical (unpaired) electrons. The zero-order chi connectivity index (χ0) is 14.6. The number of alkyl halides is 3. The highest BCUT2D eigenvalue weighted by Crippen LogP contribution is 2.34. The highest BCUT2D eigenvalue weighted by molar-refractivity contribution is 5.99. The van der Waals surface area contributed by atoms with Gasteiger partial charge in [-0.25, -0.2) is 0 Å². The lowest BCUT2D eigenvalue weighted by atomic mass is 10.1. The van der Waals surface area contributed by atoms with E-state index < -0.39 is 11.7 Å². The lowest BCUT2D eigenvalue weighted by Crippen LogP contribution is -2.09. The fraction of sp³-hybridized carbons (Fsp3) is 0.133. The zero-order valence-electron chi connectivity index (χ0n) is 10.8. The van der Waals surface area contributed by atoms with Crippen LogP contribution in [0, 0.1) is 0 Å². The highest BCUT2D eigenvalue weighted by Gasteiger charge is 2.33. The number of anilines is 1. The Hall–Kier alpha value is -2.30. The molecule has 20 heavy (non-hydrogen) atoms. The Morgan fingerprint density at radius 2 is 1.55 bits per heavy atom. The summed E-state index contributed by atoms with van der Waals surface area (Å²) in [6.07, 6.45) is -4.40. The maximum Gasteiger partial charge on any atom is 0.418 e. The van der Waals surface area contributed by atoms with Gasteiger partial charge in [0.1, 0.15) is 0 Å². The van der Waals surface area contributed by atoms with E-state index in [4.69, 9.17) is 0 Å². The smallest absolute Gasteiger partial charge is 0.278 e. The molecule has 0 aliphatic rings. The first-order chi connectivity index (χ1) is 9.48. The van der Waals surface area contributed by atoms with Gasteiger partial charge in [0.2, 0.25) is 0 Å². The molecule has 0 saturated carbocycles. The van der Waals surface area contributed by atoms with Gasteiger partial charge in [-0.2, -0.15) is 18.3 Å². The van der Waals surface area contributed by atoms with Crippen molar-refractivity contribution in [3.63, 3.8) is 0 Å². The lowest BCUT2D eigenvalue weighted by molar-refractivity contribution is -0.136. The number of hydrogen-bond acceptors (Lipinski definition) is 2. The molecule has 2 rings (SSSR count). The predicted octanol–water partition coefficient (Wildman–Crippen LogP) is 4.54. The first-order valence-corrected chi connectivity index (χ1v) is 6.00. The number of halogens is 3. The van der Waals surface area contributed by atoms with Crippen LogP contribution < -0.4 is 5.43 Å².